The maximum atomic E-state index is 2.22. The molecule has 0 saturated heterocycles. The fourth-order valence-electron chi connectivity index (χ4n) is 0.750. The maximum Gasteiger partial charge on any atom is 0 e. The molecule has 0 fully saturated rings. The van der Waals surface area contributed by atoms with E-state index in [1.165, 1.54) is 62.7 Å². The largest absolute Gasteiger partial charge is 0.123 e. The Bertz CT molecular complexity index is 53.0. The van der Waals surface area contributed by atoms with Crippen LogP contribution in [0.25, 0.3) is 0 Å². The van der Waals surface area contributed by atoms with Crippen LogP contribution in [0.15, 0.2) is 0 Å². The smallest absolute Gasteiger partial charge is 0 e. The van der Waals surface area contributed by atoms with Gasteiger partial charge in [0.2, 0.25) is 0 Å². The van der Waals surface area contributed by atoms with Crippen molar-refractivity contribution < 1.29 is 0 Å². The lowest BCUT2D eigenvalue weighted by atomic mass is 11.0. The Labute approximate surface area is 121 Å². The average Bonchev–Trinajstić information content (AvgIpc) is 2.23. The van der Waals surface area contributed by atoms with E-state index >= 15 is 0 Å². The summed E-state index contributed by atoms with van der Waals surface area (Å²) in [4.78, 5) is 0. The lowest BCUT2D eigenvalue weighted by Gasteiger charge is -1.80. The zero-order valence-electron chi connectivity index (χ0n) is 12.3. The quantitative estimate of drug-likeness (QED) is 0.491. The van der Waals surface area contributed by atoms with E-state index in [0.717, 1.165) is 0 Å². The van der Waals surface area contributed by atoms with Crippen LogP contribution >= 0.6 is 25.7 Å². The summed E-state index contributed by atoms with van der Waals surface area (Å²) in [6, 6.07) is 0. The zero-order chi connectivity index (χ0) is 12.4. The third-order valence-electron chi connectivity index (χ3n) is 1.50. The van der Waals surface area contributed by atoms with Crippen LogP contribution in [0.5, 0.6) is 0 Å². The Balaban J connectivity index is -0.0000000655. The van der Waals surface area contributed by atoms with Crippen molar-refractivity contribution in [3.8, 4) is 0 Å². The highest BCUT2D eigenvalue weighted by Gasteiger charge is 1.67. The van der Waals surface area contributed by atoms with Gasteiger partial charge < -0.3 is 0 Å². The van der Waals surface area contributed by atoms with Gasteiger partial charge in [0.25, 0.3) is 0 Å². The molecule has 0 aliphatic rings. The van der Waals surface area contributed by atoms with E-state index < -0.39 is 0 Å². The molecule has 0 nitrogen and oxygen atoms in total. The SMILES string of the molecule is CCPCC.CCPCC.CCPCC.[Al]. The molecule has 99 valence electrons. The van der Waals surface area contributed by atoms with E-state index in [9.17, 15) is 0 Å². The first-order valence-electron chi connectivity index (χ1n) is 6.36. The Kier molecular flexibility index (Phi) is 59.3. The van der Waals surface area contributed by atoms with Gasteiger partial charge in [0.15, 0.2) is 0 Å². The second kappa shape index (κ2) is 36.0. The van der Waals surface area contributed by atoms with Crippen molar-refractivity contribution in [3.63, 3.8) is 0 Å². The van der Waals surface area contributed by atoms with Gasteiger partial charge >= 0.3 is 0 Å². The van der Waals surface area contributed by atoms with Gasteiger partial charge in [-0.25, -0.2) is 0 Å². The van der Waals surface area contributed by atoms with E-state index in [1.54, 1.807) is 0 Å². The average molecular weight is 297 g/mol. The minimum atomic E-state index is 0. The van der Waals surface area contributed by atoms with Crippen molar-refractivity contribution in [2.75, 3.05) is 37.0 Å². The summed E-state index contributed by atoms with van der Waals surface area (Å²) in [5.41, 5.74) is 0. The van der Waals surface area contributed by atoms with Gasteiger partial charge in [0.05, 0.1) is 0 Å². The minimum absolute atomic E-state index is 0. The summed E-state index contributed by atoms with van der Waals surface area (Å²) in [5.74, 6) is 0. The van der Waals surface area contributed by atoms with Crippen molar-refractivity contribution in [1.29, 1.82) is 0 Å². The molecule has 0 aromatic rings. The molecule has 0 aliphatic heterocycles. The molecule has 0 heterocycles. The van der Waals surface area contributed by atoms with E-state index in [2.05, 4.69) is 41.5 Å². The van der Waals surface area contributed by atoms with Crippen molar-refractivity contribution in [2.45, 2.75) is 41.5 Å². The molecule has 0 amide bonds. The molecule has 0 aromatic heterocycles. The zero-order valence-corrected chi connectivity index (χ0v) is 16.5. The van der Waals surface area contributed by atoms with Crippen LogP contribution in [0.4, 0.5) is 0 Å². The maximum absolute atomic E-state index is 2.22. The summed E-state index contributed by atoms with van der Waals surface area (Å²) >= 11 is 0. The highest BCUT2D eigenvalue weighted by molar-refractivity contribution is 7.38. The Morgan fingerprint density at radius 2 is 0.562 bits per heavy atom. The van der Waals surface area contributed by atoms with Crippen LogP contribution in [0.1, 0.15) is 41.5 Å². The van der Waals surface area contributed by atoms with E-state index in [4.69, 9.17) is 0 Å². The molecule has 0 aliphatic carbocycles. The Morgan fingerprint density at radius 1 is 0.438 bits per heavy atom. The van der Waals surface area contributed by atoms with Crippen molar-refractivity contribution in [3.05, 3.63) is 0 Å². The van der Waals surface area contributed by atoms with Gasteiger partial charge in [0.1, 0.15) is 0 Å². The van der Waals surface area contributed by atoms with E-state index in [-0.39, 0.29) is 17.4 Å². The first-order valence-corrected chi connectivity index (χ1v) is 10.6. The molecule has 0 N–H and O–H groups in total. The Hall–Kier alpha value is 1.82. The van der Waals surface area contributed by atoms with Gasteiger partial charge in [-0.1, -0.05) is 41.5 Å². The predicted octanol–water partition coefficient (Wildman–Crippen LogP) is 4.73. The van der Waals surface area contributed by atoms with E-state index in [0.29, 0.717) is 0 Å². The number of rotatable bonds is 6. The van der Waals surface area contributed by atoms with Crippen LogP contribution in [-0.4, -0.2) is 54.3 Å². The lowest BCUT2D eigenvalue weighted by molar-refractivity contribution is 1.44. The monoisotopic (exact) mass is 297 g/mol. The molecule has 0 spiro atoms. The first kappa shape index (κ1) is 26.4. The summed E-state index contributed by atoms with van der Waals surface area (Å²) < 4.78 is 0. The summed E-state index contributed by atoms with van der Waals surface area (Å²) in [6.07, 6.45) is 8.23. The van der Waals surface area contributed by atoms with Crippen molar-refractivity contribution in [1.82, 2.24) is 0 Å². The van der Waals surface area contributed by atoms with Crippen LogP contribution in [-0.2, 0) is 0 Å². The third-order valence-corrected chi connectivity index (χ3v) is 4.50. The topological polar surface area (TPSA) is 0 Å². The van der Waals surface area contributed by atoms with Gasteiger partial charge in [-0.2, -0.15) is 0 Å². The van der Waals surface area contributed by atoms with Crippen LogP contribution in [0.3, 0.4) is 0 Å². The van der Waals surface area contributed by atoms with Gasteiger partial charge in [0, 0.05) is 17.4 Å². The highest BCUT2D eigenvalue weighted by Crippen LogP contribution is 2.04. The first-order chi connectivity index (χ1) is 7.24. The molecule has 16 heavy (non-hydrogen) atoms. The summed E-state index contributed by atoms with van der Waals surface area (Å²) in [5, 5.41) is 0. The second-order valence-corrected chi connectivity index (χ2v) is 8.61. The molecule has 0 bridgehead atoms. The molecular formula is C12H33AlP3. The molecule has 0 aromatic carbocycles. The van der Waals surface area contributed by atoms with Crippen LogP contribution in [0, 0.1) is 0 Å². The normalized spacial score (nSPS) is 7.88. The van der Waals surface area contributed by atoms with Gasteiger partial charge in [-0.15, -0.1) is 25.7 Å². The van der Waals surface area contributed by atoms with E-state index in [1.807, 2.05) is 0 Å². The fraction of sp³-hybridized carbons (Fsp3) is 1.00. The van der Waals surface area contributed by atoms with Crippen LogP contribution in [0.2, 0.25) is 0 Å². The number of hydrogen-bond acceptors (Lipinski definition) is 0. The molecule has 0 unspecified atom stereocenters. The molecule has 3 radical (unpaired) electrons. The van der Waals surface area contributed by atoms with Crippen LogP contribution < -0.4 is 0 Å². The molecule has 0 rings (SSSR count). The lowest BCUT2D eigenvalue weighted by Crippen LogP contribution is -1.59. The van der Waals surface area contributed by atoms with Crippen molar-refractivity contribution >= 4 is 43.1 Å². The second-order valence-electron chi connectivity index (χ2n) is 2.87. The van der Waals surface area contributed by atoms with Gasteiger partial charge in [-0.05, 0) is 37.0 Å². The molecular weight excluding hydrogens is 264 g/mol. The van der Waals surface area contributed by atoms with Crippen molar-refractivity contribution in [2.24, 2.45) is 0 Å². The molecule has 0 atom stereocenters. The molecule has 4 heteroatoms. The minimum Gasteiger partial charge on any atom is -0.123 e. The fourth-order valence-corrected chi connectivity index (χ4v) is 2.25. The summed E-state index contributed by atoms with van der Waals surface area (Å²) in [7, 11) is 3.59. The molecule has 0 saturated carbocycles. The Morgan fingerprint density at radius 3 is 0.562 bits per heavy atom. The summed E-state index contributed by atoms with van der Waals surface area (Å²) in [6.45, 7) is 13.3. The van der Waals surface area contributed by atoms with Gasteiger partial charge in [-0.3, -0.25) is 0 Å². The highest BCUT2D eigenvalue weighted by atomic mass is 31.1. The number of hydrogen-bond donors (Lipinski definition) is 0. The standard InChI is InChI=1S/3C4H11P.Al/c3*1-3-5-4-2;/h3*5H,3-4H2,1-2H3;. The third kappa shape index (κ3) is 56.8. The predicted molar refractivity (Wildman–Crippen MR) is 93.9 cm³/mol.